The molecule has 1 aliphatic heterocycles. The van der Waals surface area contributed by atoms with E-state index in [0.717, 1.165) is 9.21 Å². The van der Waals surface area contributed by atoms with Gasteiger partial charge in [-0.15, -0.1) is 0 Å². The summed E-state index contributed by atoms with van der Waals surface area (Å²) in [5, 5.41) is 5.10. The standard InChI is InChI=1S/C22H20N4O6S2/c23-33(29,30)18-10-8-17(9-11-18)26-21(27)13-20(22(26)28)25(15-16-5-4-12-24-14-16)34(31,32)19-6-2-1-3-7-19/h1-12,14,20H,13,15H2,(H2,23,29,30). The van der Waals surface area contributed by atoms with E-state index in [0.29, 0.717) is 5.56 Å². The number of sulfonamides is 2. The Morgan fingerprint density at radius 1 is 0.912 bits per heavy atom. The monoisotopic (exact) mass is 500 g/mol. The zero-order valence-corrected chi connectivity index (χ0v) is 19.3. The smallest absolute Gasteiger partial charge is 0.252 e. The summed E-state index contributed by atoms with van der Waals surface area (Å²) in [5.41, 5.74) is 0.654. The van der Waals surface area contributed by atoms with Gasteiger partial charge in [-0.25, -0.2) is 26.9 Å². The number of hydrogen-bond donors (Lipinski definition) is 1. The lowest BCUT2D eigenvalue weighted by atomic mass is 10.2. The van der Waals surface area contributed by atoms with Crippen LogP contribution in [0.25, 0.3) is 0 Å². The summed E-state index contributed by atoms with van der Waals surface area (Å²) in [6.07, 6.45) is 2.65. The number of anilines is 1. The van der Waals surface area contributed by atoms with E-state index in [4.69, 9.17) is 5.14 Å². The number of carbonyl (C=O) groups excluding carboxylic acids is 2. The van der Waals surface area contributed by atoms with E-state index in [1.165, 1.54) is 48.8 Å². The van der Waals surface area contributed by atoms with Crippen molar-refractivity contribution in [3.63, 3.8) is 0 Å². The molecule has 10 nitrogen and oxygen atoms in total. The van der Waals surface area contributed by atoms with Gasteiger partial charge >= 0.3 is 0 Å². The number of aromatic nitrogens is 1. The summed E-state index contributed by atoms with van der Waals surface area (Å²) in [7, 11) is -8.12. The van der Waals surface area contributed by atoms with Crippen molar-refractivity contribution in [3.8, 4) is 0 Å². The van der Waals surface area contributed by atoms with Crippen LogP contribution < -0.4 is 10.0 Å². The highest BCUT2D eigenvalue weighted by molar-refractivity contribution is 7.89. The van der Waals surface area contributed by atoms with Gasteiger partial charge in [0.25, 0.3) is 5.91 Å². The summed E-state index contributed by atoms with van der Waals surface area (Å²) in [6, 6.07) is 14.5. The number of hydrogen-bond acceptors (Lipinski definition) is 7. The molecule has 34 heavy (non-hydrogen) atoms. The predicted molar refractivity (Wildman–Crippen MR) is 122 cm³/mol. The minimum absolute atomic E-state index is 0.0184. The lowest BCUT2D eigenvalue weighted by Crippen LogP contribution is -2.45. The third kappa shape index (κ3) is 4.61. The largest absolute Gasteiger partial charge is 0.274 e. The van der Waals surface area contributed by atoms with Gasteiger partial charge in [-0.1, -0.05) is 24.3 Å². The van der Waals surface area contributed by atoms with Crippen LogP contribution in [0.15, 0.2) is 88.9 Å². The van der Waals surface area contributed by atoms with Crippen molar-refractivity contribution in [3.05, 3.63) is 84.7 Å². The molecule has 1 aliphatic rings. The minimum Gasteiger partial charge on any atom is -0.274 e. The minimum atomic E-state index is -4.16. The summed E-state index contributed by atoms with van der Waals surface area (Å²) >= 11 is 0. The Morgan fingerprint density at radius 2 is 1.59 bits per heavy atom. The third-order valence-corrected chi connectivity index (χ3v) is 8.10. The predicted octanol–water partition coefficient (Wildman–Crippen LogP) is 1.25. The van der Waals surface area contributed by atoms with Gasteiger partial charge in [0, 0.05) is 18.9 Å². The van der Waals surface area contributed by atoms with E-state index in [2.05, 4.69) is 4.98 Å². The van der Waals surface area contributed by atoms with Crippen LogP contribution in [0, 0.1) is 0 Å². The van der Waals surface area contributed by atoms with Crippen molar-refractivity contribution in [1.29, 1.82) is 0 Å². The van der Waals surface area contributed by atoms with E-state index in [1.54, 1.807) is 30.3 Å². The molecule has 0 saturated carbocycles. The second-order valence-corrected chi connectivity index (χ2v) is 11.0. The number of primary sulfonamides is 1. The number of imide groups is 1. The molecule has 2 heterocycles. The first kappa shape index (κ1) is 23.7. The molecule has 176 valence electrons. The van der Waals surface area contributed by atoms with Gasteiger partial charge in [0.15, 0.2) is 0 Å². The normalized spacial score (nSPS) is 16.9. The Hall–Kier alpha value is -3.45. The molecule has 4 rings (SSSR count). The first-order valence-electron chi connectivity index (χ1n) is 10.0. The number of benzene rings is 2. The molecule has 3 aromatic rings. The third-order valence-electron chi connectivity index (χ3n) is 5.30. The second-order valence-electron chi connectivity index (χ2n) is 7.55. The zero-order chi connectivity index (χ0) is 24.5. The van der Waals surface area contributed by atoms with Crippen LogP contribution in [-0.2, 0) is 36.2 Å². The van der Waals surface area contributed by atoms with Gasteiger partial charge in [0.05, 0.1) is 21.9 Å². The zero-order valence-electron chi connectivity index (χ0n) is 17.7. The number of amides is 2. The summed E-state index contributed by atoms with van der Waals surface area (Å²) < 4.78 is 51.0. The van der Waals surface area contributed by atoms with Crippen molar-refractivity contribution in [1.82, 2.24) is 9.29 Å². The Kier molecular flexibility index (Phi) is 6.32. The molecule has 0 aliphatic carbocycles. The molecule has 1 fully saturated rings. The van der Waals surface area contributed by atoms with E-state index in [-0.39, 0.29) is 28.4 Å². The number of rotatable bonds is 7. The SMILES string of the molecule is NS(=O)(=O)c1ccc(N2C(=O)CC(N(Cc3cccnc3)S(=O)(=O)c3ccccc3)C2=O)cc1. The molecule has 12 heteroatoms. The maximum absolute atomic E-state index is 13.5. The van der Waals surface area contributed by atoms with Crippen LogP contribution in [0.1, 0.15) is 12.0 Å². The van der Waals surface area contributed by atoms with Crippen LogP contribution in [0.2, 0.25) is 0 Å². The maximum Gasteiger partial charge on any atom is 0.252 e. The summed E-state index contributed by atoms with van der Waals surface area (Å²) in [4.78, 5) is 30.8. The average molecular weight is 501 g/mol. The van der Waals surface area contributed by atoms with E-state index < -0.39 is 37.9 Å². The lowest BCUT2D eigenvalue weighted by Gasteiger charge is -2.27. The van der Waals surface area contributed by atoms with Crippen LogP contribution in [0.5, 0.6) is 0 Å². The highest BCUT2D eigenvalue weighted by Gasteiger charge is 2.47. The molecule has 2 N–H and O–H groups in total. The Balaban J connectivity index is 1.72. The van der Waals surface area contributed by atoms with Gasteiger partial charge in [-0.3, -0.25) is 14.6 Å². The fourth-order valence-electron chi connectivity index (χ4n) is 3.66. The quantitative estimate of drug-likeness (QED) is 0.480. The molecule has 2 amide bonds. The number of nitrogens with two attached hydrogens (primary N) is 1. The molecule has 1 saturated heterocycles. The maximum atomic E-state index is 13.5. The Bertz CT molecular complexity index is 1430. The first-order valence-corrected chi connectivity index (χ1v) is 13.0. The Labute approximate surface area is 196 Å². The van der Waals surface area contributed by atoms with Crippen LogP contribution in [0.4, 0.5) is 5.69 Å². The summed E-state index contributed by atoms with van der Waals surface area (Å²) in [6.45, 7) is -0.174. The molecule has 1 aromatic heterocycles. The van der Waals surface area contributed by atoms with Crippen LogP contribution in [-0.4, -0.2) is 44.0 Å². The number of nitrogens with zero attached hydrogens (tertiary/aromatic N) is 3. The van der Waals surface area contributed by atoms with Gasteiger partial charge in [0.2, 0.25) is 26.0 Å². The van der Waals surface area contributed by atoms with Crippen LogP contribution >= 0.6 is 0 Å². The average Bonchev–Trinajstić information content (AvgIpc) is 3.11. The van der Waals surface area contributed by atoms with Crippen LogP contribution in [0.3, 0.4) is 0 Å². The van der Waals surface area contributed by atoms with Gasteiger partial charge in [-0.05, 0) is 48.0 Å². The molecular formula is C22H20N4O6S2. The molecule has 1 unspecified atom stereocenters. The molecule has 0 bridgehead atoms. The number of carbonyl (C=O) groups is 2. The van der Waals surface area contributed by atoms with E-state index in [1.807, 2.05) is 0 Å². The van der Waals surface area contributed by atoms with Crippen molar-refractivity contribution < 1.29 is 26.4 Å². The van der Waals surface area contributed by atoms with E-state index in [9.17, 15) is 26.4 Å². The molecular weight excluding hydrogens is 480 g/mol. The van der Waals surface area contributed by atoms with Gasteiger partial charge in [-0.2, -0.15) is 4.31 Å². The number of pyridine rings is 1. The van der Waals surface area contributed by atoms with Crippen molar-refractivity contribution in [2.75, 3.05) is 4.90 Å². The fourth-order valence-corrected chi connectivity index (χ4v) is 5.77. The molecule has 0 radical (unpaired) electrons. The Morgan fingerprint density at radius 3 is 2.18 bits per heavy atom. The van der Waals surface area contributed by atoms with Crippen molar-refractivity contribution in [2.45, 2.75) is 28.8 Å². The summed E-state index contributed by atoms with van der Waals surface area (Å²) in [5.74, 6) is -1.35. The van der Waals surface area contributed by atoms with Crippen molar-refractivity contribution in [2.24, 2.45) is 5.14 Å². The highest BCUT2D eigenvalue weighted by atomic mass is 32.2. The van der Waals surface area contributed by atoms with Gasteiger partial charge in [0.1, 0.15) is 6.04 Å². The van der Waals surface area contributed by atoms with Gasteiger partial charge < -0.3 is 0 Å². The van der Waals surface area contributed by atoms with E-state index >= 15 is 0 Å². The molecule has 1 atom stereocenters. The second kappa shape index (κ2) is 9.06. The highest BCUT2D eigenvalue weighted by Crippen LogP contribution is 2.31. The molecule has 2 aromatic carbocycles. The lowest BCUT2D eigenvalue weighted by molar-refractivity contribution is -0.122. The first-order chi connectivity index (χ1) is 16.1. The van der Waals surface area contributed by atoms with Crippen molar-refractivity contribution >= 4 is 37.5 Å². The molecule has 0 spiro atoms. The topological polar surface area (TPSA) is 148 Å². The fraction of sp³-hybridized carbons (Fsp3) is 0.136.